The molecule has 1 saturated heterocycles. The minimum atomic E-state index is -1.06. The molecule has 1 aliphatic rings. The van der Waals surface area contributed by atoms with Gasteiger partial charge in [-0.15, -0.1) is 0 Å². The van der Waals surface area contributed by atoms with Crippen molar-refractivity contribution in [2.45, 2.75) is 6.42 Å². The number of rotatable bonds is 6. The molecule has 1 aliphatic heterocycles. The highest BCUT2D eigenvalue weighted by molar-refractivity contribution is 5.94. The van der Waals surface area contributed by atoms with E-state index in [1.165, 1.54) is 32.3 Å². The van der Waals surface area contributed by atoms with Crippen molar-refractivity contribution in [2.75, 3.05) is 47.5 Å². The summed E-state index contributed by atoms with van der Waals surface area (Å²) in [6, 6.07) is 6.52. The summed E-state index contributed by atoms with van der Waals surface area (Å²) in [4.78, 5) is 28.5. The van der Waals surface area contributed by atoms with Crippen LogP contribution in [0.1, 0.15) is 15.9 Å². The molecule has 2 aromatic carbocycles. The van der Waals surface area contributed by atoms with Crippen LogP contribution >= 0.6 is 0 Å². The molecule has 0 bridgehead atoms. The lowest BCUT2D eigenvalue weighted by atomic mass is 10.1. The van der Waals surface area contributed by atoms with Gasteiger partial charge < -0.3 is 24.0 Å². The van der Waals surface area contributed by atoms with Crippen LogP contribution in [0.25, 0.3) is 0 Å². The van der Waals surface area contributed by atoms with Gasteiger partial charge in [-0.25, -0.2) is 8.78 Å². The van der Waals surface area contributed by atoms with Gasteiger partial charge in [-0.05, 0) is 35.9 Å². The van der Waals surface area contributed by atoms with Gasteiger partial charge in [0.05, 0.1) is 27.8 Å². The lowest BCUT2D eigenvalue weighted by Crippen LogP contribution is -2.51. The molecule has 0 aliphatic carbocycles. The highest BCUT2D eigenvalue weighted by atomic mass is 19.2. The normalized spacial score (nSPS) is 13.7. The van der Waals surface area contributed by atoms with Gasteiger partial charge in [0.15, 0.2) is 23.1 Å². The number of halogens is 2. The fourth-order valence-electron chi connectivity index (χ4n) is 3.49. The van der Waals surface area contributed by atoms with Crippen LogP contribution in [0.15, 0.2) is 30.3 Å². The highest BCUT2D eigenvalue weighted by Gasteiger charge is 2.26. The molecule has 3 rings (SSSR count). The second-order valence-electron chi connectivity index (χ2n) is 7.01. The van der Waals surface area contributed by atoms with Gasteiger partial charge in [0, 0.05) is 31.7 Å². The molecule has 0 aromatic heterocycles. The average Bonchev–Trinajstić information content (AvgIpc) is 2.79. The van der Waals surface area contributed by atoms with Gasteiger partial charge in [-0.3, -0.25) is 9.59 Å². The number of amides is 2. The van der Waals surface area contributed by atoms with E-state index in [0.717, 1.165) is 12.1 Å². The Morgan fingerprint density at radius 1 is 0.839 bits per heavy atom. The zero-order valence-electron chi connectivity index (χ0n) is 17.6. The number of piperazine rings is 1. The molecule has 31 heavy (non-hydrogen) atoms. The molecule has 0 unspecified atom stereocenters. The molecule has 166 valence electrons. The molecule has 0 atom stereocenters. The molecule has 9 heteroatoms. The molecule has 1 fully saturated rings. The van der Waals surface area contributed by atoms with Gasteiger partial charge in [0.1, 0.15) is 0 Å². The van der Waals surface area contributed by atoms with Crippen molar-refractivity contribution >= 4 is 11.8 Å². The van der Waals surface area contributed by atoms with Crippen molar-refractivity contribution in [3.63, 3.8) is 0 Å². The van der Waals surface area contributed by atoms with E-state index in [1.54, 1.807) is 17.0 Å². The number of carbonyl (C=O) groups is 2. The lowest BCUT2D eigenvalue weighted by Gasteiger charge is -2.35. The molecule has 0 radical (unpaired) electrons. The fourth-order valence-corrected chi connectivity index (χ4v) is 3.49. The third-order valence-electron chi connectivity index (χ3n) is 5.17. The molecule has 2 aromatic rings. The SMILES string of the molecule is COc1cc(CC(=O)N2CCN(C(=O)c3ccc(F)c(F)c3)CC2)cc(OC)c1OC. The standard InChI is InChI=1S/C22H24F2N2O5/c1-29-18-10-14(11-19(30-2)21(18)31-3)12-20(27)25-6-8-26(9-7-25)22(28)15-4-5-16(23)17(24)13-15/h4-5,10-11,13H,6-9,12H2,1-3H3. The number of ether oxygens (including phenoxy) is 3. The molecule has 2 amide bonds. The molecule has 7 nitrogen and oxygen atoms in total. The number of methoxy groups -OCH3 is 3. The summed E-state index contributed by atoms with van der Waals surface area (Å²) in [7, 11) is 4.52. The van der Waals surface area contributed by atoms with Crippen molar-refractivity contribution in [2.24, 2.45) is 0 Å². The van der Waals surface area contributed by atoms with E-state index in [1.807, 2.05) is 0 Å². The summed E-state index contributed by atoms with van der Waals surface area (Å²) in [5.41, 5.74) is 0.788. The van der Waals surface area contributed by atoms with Crippen LogP contribution < -0.4 is 14.2 Å². The van der Waals surface area contributed by atoms with Crippen molar-refractivity contribution in [3.8, 4) is 17.2 Å². The first-order valence-corrected chi connectivity index (χ1v) is 9.69. The summed E-state index contributed by atoms with van der Waals surface area (Å²) < 4.78 is 42.4. The zero-order chi connectivity index (χ0) is 22.5. The first-order valence-electron chi connectivity index (χ1n) is 9.69. The van der Waals surface area contributed by atoms with Crippen LogP contribution in [0.3, 0.4) is 0 Å². The van der Waals surface area contributed by atoms with E-state index in [4.69, 9.17) is 14.2 Å². The van der Waals surface area contributed by atoms with Crippen molar-refractivity contribution in [1.82, 2.24) is 9.80 Å². The maximum atomic E-state index is 13.4. The Balaban J connectivity index is 1.63. The van der Waals surface area contributed by atoms with E-state index >= 15 is 0 Å². The summed E-state index contributed by atoms with van der Waals surface area (Å²) in [6.07, 6.45) is 0.133. The molecular weight excluding hydrogens is 410 g/mol. The Bertz CT molecular complexity index is 949. The highest BCUT2D eigenvalue weighted by Crippen LogP contribution is 2.38. The van der Waals surface area contributed by atoms with Gasteiger partial charge in [0.25, 0.3) is 5.91 Å². The topological polar surface area (TPSA) is 68.3 Å². The quantitative estimate of drug-likeness (QED) is 0.699. The molecule has 0 N–H and O–H groups in total. The maximum Gasteiger partial charge on any atom is 0.254 e. The Morgan fingerprint density at radius 2 is 1.42 bits per heavy atom. The smallest absolute Gasteiger partial charge is 0.254 e. The van der Waals surface area contributed by atoms with E-state index in [2.05, 4.69) is 0 Å². The summed E-state index contributed by atoms with van der Waals surface area (Å²) in [5.74, 6) is -1.18. The van der Waals surface area contributed by atoms with Crippen molar-refractivity contribution in [3.05, 3.63) is 53.1 Å². The number of benzene rings is 2. The summed E-state index contributed by atoms with van der Waals surface area (Å²) >= 11 is 0. The third kappa shape index (κ3) is 4.87. The number of carbonyl (C=O) groups excluding carboxylic acids is 2. The second kappa shape index (κ2) is 9.63. The van der Waals surface area contributed by atoms with Crippen molar-refractivity contribution < 1.29 is 32.6 Å². The van der Waals surface area contributed by atoms with Crippen LogP contribution in [0.4, 0.5) is 8.78 Å². The van der Waals surface area contributed by atoms with Crippen LogP contribution in [0.2, 0.25) is 0 Å². The molecular formula is C22H24F2N2O5. The lowest BCUT2D eigenvalue weighted by molar-refractivity contribution is -0.131. The average molecular weight is 434 g/mol. The minimum absolute atomic E-state index is 0.0797. The van der Waals surface area contributed by atoms with Gasteiger partial charge in [-0.2, -0.15) is 0 Å². The number of nitrogens with zero attached hydrogens (tertiary/aromatic N) is 2. The van der Waals surface area contributed by atoms with E-state index < -0.39 is 17.5 Å². The number of hydrogen-bond acceptors (Lipinski definition) is 5. The van der Waals surface area contributed by atoms with Gasteiger partial charge in [0.2, 0.25) is 11.7 Å². The molecule has 1 heterocycles. The largest absolute Gasteiger partial charge is 0.493 e. The van der Waals surface area contributed by atoms with Crippen LogP contribution in [-0.2, 0) is 11.2 Å². The van der Waals surface area contributed by atoms with Gasteiger partial charge >= 0.3 is 0 Å². The van der Waals surface area contributed by atoms with E-state index in [9.17, 15) is 18.4 Å². The van der Waals surface area contributed by atoms with Crippen molar-refractivity contribution in [1.29, 1.82) is 0 Å². The Labute approximate surface area is 179 Å². The Hall–Kier alpha value is -3.36. The Morgan fingerprint density at radius 3 is 1.94 bits per heavy atom. The molecule has 0 saturated carbocycles. The summed E-state index contributed by atoms with van der Waals surface area (Å²) in [5, 5.41) is 0. The van der Waals surface area contributed by atoms with Crippen LogP contribution in [0, 0.1) is 11.6 Å². The van der Waals surface area contributed by atoms with E-state index in [0.29, 0.717) is 49.0 Å². The minimum Gasteiger partial charge on any atom is -0.493 e. The first kappa shape index (κ1) is 22.3. The van der Waals surface area contributed by atoms with Gasteiger partial charge in [-0.1, -0.05) is 0 Å². The first-order chi connectivity index (χ1) is 14.9. The van der Waals surface area contributed by atoms with Crippen LogP contribution in [-0.4, -0.2) is 69.1 Å². The monoisotopic (exact) mass is 434 g/mol. The zero-order valence-corrected chi connectivity index (χ0v) is 17.6. The maximum absolute atomic E-state index is 13.4. The predicted octanol–water partition coefficient (Wildman–Crippen LogP) is 2.52. The third-order valence-corrected chi connectivity index (χ3v) is 5.17. The van der Waals surface area contributed by atoms with Crippen LogP contribution in [0.5, 0.6) is 17.2 Å². The summed E-state index contributed by atoms with van der Waals surface area (Å²) in [6.45, 7) is 1.30. The Kier molecular flexibility index (Phi) is 6.94. The molecule has 0 spiro atoms. The predicted molar refractivity (Wildman–Crippen MR) is 109 cm³/mol. The van der Waals surface area contributed by atoms with E-state index in [-0.39, 0.29) is 17.9 Å². The fraction of sp³-hybridized carbons (Fsp3) is 0.364. The second-order valence-corrected chi connectivity index (χ2v) is 7.01. The number of hydrogen-bond donors (Lipinski definition) is 0.